The number of ketones is 1. The van der Waals surface area contributed by atoms with Gasteiger partial charge in [-0.1, -0.05) is 6.58 Å². The number of rotatable bonds is 1. The zero-order valence-corrected chi connectivity index (χ0v) is 9.05. The van der Waals surface area contributed by atoms with Crippen LogP contribution in [-0.4, -0.2) is 21.8 Å². The van der Waals surface area contributed by atoms with E-state index in [4.69, 9.17) is 0 Å². The van der Waals surface area contributed by atoms with Crippen LogP contribution in [-0.2, 0) is 4.79 Å². The number of hydrogen-bond donors (Lipinski definition) is 0. The first kappa shape index (κ1) is 10.3. The molecule has 0 aliphatic carbocycles. The average molecular weight is 181 g/mol. The standard InChI is InChI=1S/C11H19NO/c1-6-12-10(2,3)7-9(13)8-11(12,4)5/h6H,1,7-8H2,2-5H3. The molecule has 0 aromatic rings. The number of carbonyl (C=O) groups excluding carboxylic acids is 1. The monoisotopic (exact) mass is 181 g/mol. The highest BCUT2D eigenvalue weighted by Crippen LogP contribution is 2.36. The molecule has 0 aromatic heterocycles. The predicted molar refractivity (Wildman–Crippen MR) is 54.4 cm³/mol. The molecular weight excluding hydrogens is 162 g/mol. The van der Waals surface area contributed by atoms with Crippen LogP contribution < -0.4 is 0 Å². The van der Waals surface area contributed by atoms with Gasteiger partial charge in [0, 0.05) is 23.9 Å². The molecule has 1 rings (SSSR count). The molecule has 0 bridgehead atoms. The summed E-state index contributed by atoms with van der Waals surface area (Å²) in [5.74, 6) is 0.355. The summed E-state index contributed by atoms with van der Waals surface area (Å²) in [7, 11) is 0. The zero-order valence-electron chi connectivity index (χ0n) is 9.05. The molecule has 2 nitrogen and oxygen atoms in total. The third kappa shape index (κ3) is 1.77. The summed E-state index contributed by atoms with van der Waals surface area (Å²) in [6.45, 7) is 12.2. The summed E-state index contributed by atoms with van der Waals surface area (Å²) in [6.07, 6.45) is 3.11. The number of likely N-dealkylation sites (tertiary alicyclic amines) is 1. The van der Waals surface area contributed by atoms with E-state index in [0.29, 0.717) is 18.6 Å². The molecule has 1 aliphatic rings. The molecular formula is C11H19NO. The summed E-state index contributed by atoms with van der Waals surface area (Å²) in [4.78, 5) is 13.7. The van der Waals surface area contributed by atoms with E-state index in [1.807, 2.05) is 6.20 Å². The smallest absolute Gasteiger partial charge is 0.137 e. The van der Waals surface area contributed by atoms with Crippen LogP contribution >= 0.6 is 0 Å². The van der Waals surface area contributed by atoms with Crippen molar-refractivity contribution in [1.29, 1.82) is 0 Å². The van der Waals surface area contributed by atoms with Crippen molar-refractivity contribution in [1.82, 2.24) is 4.90 Å². The van der Waals surface area contributed by atoms with E-state index >= 15 is 0 Å². The summed E-state index contributed by atoms with van der Waals surface area (Å²) in [5.41, 5.74) is -0.166. The molecule has 13 heavy (non-hydrogen) atoms. The van der Waals surface area contributed by atoms with Crippen molar-refractivity contribution < 1.29 is 4.79 Å². The van der Waals surface area contributed by atoms with Crippen LogP contribution in [0.2, 0.25) is 0 Å². The lowest BCUT2D eigenvalue weighted by molar-refractivity contribution is -0.130. The lowest BCUT2D eigenvalue weighted by atomic mass is 9.79. The quantitative estimate of drug-likeness (QED) is 0.619. The maximum atomic E-state index is 11.5. The molecule has 0 spiro atoms. The fourth-order valence-corrected chi connectivity index (χ4v) is 2.51. The molecule has 1 heterocycles. The fraction of sp³-hybridized carbons (Fsp3) is 0.727. The summed E-state index contributed by atoms with van der Waals surface area (Å²) >= 11 is 0. The highest BCUT2D eigenvalue weighted by atomic mass is 16.1. The van der Waals surface area contributed by atoms with Crippen LogP contribution in [0.15, 0.2) is 12.8 Å². The summed E-state index contributed by atoms with van der Waals surface area (Å²) < 4.78 is 0. The summed E-state index contributed by atoms with van der Waals surface area (Å²) in [5, 5.41) is 0. The maximum Gasteiger partial charge on any atom is 0.137 e. The Labute approximate surface area is 80.6 Å². The zero-order chi connectivity index (χ0) is 10.3. The highest BCUT2D eigenvalue weighted by molar-refractivity contribution is 5.81. The first-order valence-corrected chi connectivity index (χ1v) is 4.73. The van der Waals surface area contributed by atoms with Gasteiger partial charge in [-0.3, -0.25) is 4.79 Å². The Bertz CT molecular complexity index is 220. The molecule has 74 valence electrons. The van der Waals surface area contributed by atoms with Gasteiger partial charge in [0.2, 0.25) is 0 Å². The maximum absolute atomic E-state index is 11.5. The Balaban J connectivity index is 3.01. The van der Waals surface area contributed by atoms with Crippen LogP contribution in [0.1, 0.15) is 40.5 Å². The second kappa shape index (κ2) is 2.86. The lowest BCUT2D eigenvalue weighted by Crippen LogP contribution is -2.58. The molecule has 1 saturated heterocycles. The molecule has 0 aromatic carbocycles. The van der Waals surface area contributed by atoms with Gasteiger partial charge in [-0.15, -0.1) is 0 Å². The minimum atomic E-state index is -0.0828. The number of hydrogen-bond acceptors (Lipinski definition) is 2. The number of nitrogens with zero attached hydrogens (tertiary/aromatic N) is 1. The van der Waals surface area contributed by atoms with Crippen LogP contribution in [0.4, 0.5) is 0 Å². The molecule has 0 amide bonds. The van der Waals surface area contributed by atoms with Crippen molar-refractivity contribution >= 4 is 5.78 Å². The first-order chi connectivity index (χ1) is 5.79. The molecule has 1 aliphatic heterocycles. The van der Waals surface area contributed by atoms with Crippen LogP contribution in [0.3, 0.4) is 0 Å². The van der Waals surface area contributed by atoms with Gasteiger partial charge in [-0.25, -0.2) is 0 Å². The van der Waals surface area contributed by atoms with Gasteiger partial charge >= 0.3 is 0 Å². The van der Waals surface area contributed by atoms with E-state index in [1.54, 1.807) is 0 Å². The number of carbonyl (C=O) groups is 1. The van der Waals surface area contributed by atoms with Gasteiger partial charge in [0.25, 0.3) is 0 Å². The number of piperidine rings is 1. The SMILES string of the molecule is C=CN1C(C)(C)CC(=O)CC1(C)C. The largest absolute Gasteiger partial charge is 0.367 e. The third-order valence-corrected chi connectivity index (χ3v) is 2.75. The Morgan fingerprint density at radius 1 is 1.23 bits per heavy atom. The Morgan fingerprint density at radius 3 is 1.92 bits per heavy atom. The Hall–Kier alpha value is -0.790. The highest BCUT2D eigenvalue weighted by Gasteiger charge is 2.42. The van der Waals surface area contributed by atoms with E-state index in [1.165, 1.54) is 0 Å². The van der Waals surface area contributed by atoms with E-state index in [9.17, 15) is 4.79 Å². The van der Waals surface area contributed by atoms with Crippen molar-refractivity contribution in [3.63, 3.8) is 0 Å². The van der Waals surface area contributed by atoms with E-state index in [0.717, 1.165) is 0 Å². The van der Waals surface area contributed by atoms with Gasteiger partial charge < -0.3 is 4.90 Å². The van der Waals surface area contributed by atoms with Crippen LogP contribution in [0, 0.1) is 0 Å². The topological polar surface area (TPSA) is 20.3 Å². The van der Waals surface area contributed by atoms with Crippen molar-refractivity contribution in [2.75, 3.05) is 0 Å². The van der Waals surface area contributed by atoms with Gasteiger partial charge in [0.1, 0.15) is 5.78 Å². The Kier molecular flexibility index (Phi) is 2.27. The molecule has 0 N–H and O–H groups in total. The van der Waals surface area contributed by atoms with E-state index in [2.05, 4.69) is 39.2 Å². The van der Waals surface area contributed by atoms with Crippen molar-refractivity contribution in [3.8, 4) is 0 Å². The summed E-state index contributed by atoms with van der Waals surface area (Å²) in [6, 6.07) is 0. The van der Waals surface area contributed by atoms with Gasteiger partial charge in [-0.2, -0.15) is 0 Å². The molecule has 0 atom stereocenters. The number of Topliss-reactive ketones (excluding diaryl/α,β-unsaturated/α-hetero) is 1. The average Bonchev–Trinajstić information content (AvgIpc) is 1.79. The van der Waals surface area contributed by atoms with Crippen molar-refractivity contribution in [2.24, 2.45) is 0 Å². The van der Waals surface area contributed by atoms with Gasteiger partial charge in [-0.05, 0) is 33.9 Å². The van der Waals surface area contributed by atoms with Crippen LogP contribution in [0.25, 0.3) is 0 Å². The molecule has 0 saturated carbocycles. The normalized spacial score (nSPS) is 25.8. The predicted octanol–water partition coefficient (Wildman–Crippen LogP) is 2.35. The molecule has 1 fully saturated rings. The molecule has 2 heteroatoms. The van der Waals surface area contributed by atoms with Gasteiger partial charge in [0.05, 0.1) is 0 Å². The minimum Gasteiger partial charge on any atom is -0.367 e. The van der Waals surface area contributed by atoms with Crippen LogP contribution in [0.5, 0.6) is 0 Å². The Morgan fingerprint density at radius 2 is 1.62 bits per heavy atom. The van der Waals surface area contributed by atoms with E-state index in [-0.39, 0.29) is 11.1 Å². The fourth-order valence-electron chi connectivity index (χ4n) is 2.51. The van der Waals surface area contributed by atoms with Gasteiger partial charge in [0.15, 0.2) is 0 Å². The van der Waals surface area contributed by atoms with E-state index < -0.39 is 0 Å². The lowest BCUT2D eigenvalue weighted by Gasteiger charge is -2.51. The second-order valence-electron chi connectivity index (χ2n) is 5.07. The first-order valence-electron chi connectivity index (χ1n) is 4.73. The van der Waals surface area contributed by atoms with Crippen molar-refractivity contribution in [3.05, 3.63) is 12.8 Å². The van der Waals surface area contributed by atoms with Crippen molar-refractivity contribution in [2.45, 2.75) is 51.6 Å². The molecule has 0 unspecified atom stereocenters. The second-order valence-corrected chi connectivity index (χ2v) is 5.07. The molecule has 0 radical (unpaired) electrons. The third-order valence-electron chi connectivity index (χ3n) is 2.75. The minimum absolute atomic E-state index is 0.0828.